The average Bonchev–Trinajstić information content (AvgIpc) is 2.03. The van der Waals surface area contributed by atoms with Crippen LogP contribution in [0.25, 0.3) is 0 Å². The zero-order valence-corrected chi connectivity index (χ0v) is 8.27. The van der Waals surface area contributed by atoms with Gasteiger partial charge in [0, 0.05) is 17.1 Å². The Balaban J connectivity index is 3.27. The molecule has 1 rings (SSSR count). The molecule has 0 aliphatic heterocycles. The van der Waals surface area contributed by atoms with Crippen LogP contribution in [0, 0.1) is 5.41 Å². The monoisotopic (exact) mass is 227 g/mol. The van der Waals surface area contributed by atoms with Gasteiger partial charge in [-0.2, -0.15) is 0 Å². The molecule has 0 heterocycles. The van der Waals surface area contributed by atoms with Gasteiger partial charge in [0.2, 0.25) is 0 Å². The molecule has 0 saturated carbocycles. The van der Waals surface area contributed by atoms with Crippen molar-refractivity contribution >= 4 is 27.5 Å². The summed E-state index contributed by atoms with van der Waals surface area (Å²) in [6.45, 7) is 0. The highest BCUT2D eigenvalue weighted by Gasteiger charge is 2.05. The lowest BCUT2D eigenvalue weighted by Crippen LogP contribution is -2.13. The number of amidine groups is 1. The molecule has 1 aromatic carbocycles. The molecule has 12 heavy (non-hydrogen) atoms. The van der Waals surface area contributed by atoms with Crippen molar-refractivity contribution < 1.29 is 0 Å². The minimum Gasteiger partial charge on any atom is -0.387 e. The lowest BCUT2D eigenvalue weighted by atomic mass is 10.1. The molecule has 0 aromatic heterocycles. The van der Waals surface area contributed by atoms with Crippen LogP contribution in [-0.2, 0) is 0 Å². The van der Waals surface area contributed by atoms with Gasteiger partial charge in [0.05, 0.1) is 5.69 Å². The van der Waals surface area contributed by atoms with Crippen molar-refractivity contribution in [3.8, 4) is 0 Å². The average molecular weight is 228 g/mol. The summed E-state index contributed by atoms with van der Waals surface area (Å²) in [7, 11) is 1.80. The molecule has 0 atom stereocenters. The first-order valence-electron chi connectivity index (χ1n) is 3.47. The first kappa shape index (κ1) is 9.06. The van der Waals surface area contributed by atoms with E-state index in [2.05, 4.69) is 21.2 Å². The van der Waals surface area contributed by atoms with Gasteiger partial charge in [-0.25, -0.2) is 0 Å². The van der Waals surface area contributed by atoms with Crippen molar-refractivity contribution in [2.24, 2.45) is 5.73 Å². The van der Waals surface area contributed by atoms with E-state index in [-0.39, 0.29) is 5.84 Å². The van der Waals surface area contributed by atoms with Crippen molar-refractivity contribution in [1.82, 2.24) is 0 Å². The van der Waals surface area contributed by atoms with Crippen LogP contribution in [-0.4, -0.2) is 12.9 Å². The molecule has 64 valence electrons. The van der Waals surface area contributed by atoms with Gasteiger partial charge in [-0.05, 0) is 28.1 Å². The fourth-order valence-electron chi connectivity index (χ4n) is 1.00. The largest absolute Gasteiger partial charge is 0.387 e. The summed E-state index contributed by atoms with van der Waals surface area (Å²) in [5.41, 5.74) is 6.95. The van der Waals surface area contributed by atoms with E-state index in [1.807, 2.05) is 12.1 Å². The highest BCUT2D eigenvalue weighted by Crippen LogP contribution is 2.25. The molecule has 0 bridgehead atoms. The van der Waals surface area contributed by atoms with Gasteiger partial charge in [0.15, 0.2) is 0 Å². The third-order valence-corrected chi connectivity index (χ3v) is 2.21. The summed E-state index contributed by atoms with van der Waals surface area (Å²) >= 11 is 3.36. The predicted molar refractivity (Wildman–Crippen MR) is 54.7 cm³/mol. The van der Waals surface area contributed by atoms with Gasteiger partial charge >= 0.3 is 0 Å². The van der Waals surface area contributed by atoms with Crippen LogP contribution in [0.1, 0.15) is 5.56 Å². The lowest BCUT2D eigenvalue weighted by molar-refractivity contribution is 1.39. The molecule has 1 aromatic rings. The Bertz CT molecular complexity index is 309. The predicted octanol–water partition coefficient (Wildman–Crippen LogP) is 1.77. The van der Waals surface area contributed by atoms with Gasteiger partial charge in [-0.1, -0.05) is 6.07 Å². The van der Waals surface area contributed by atoms with Crippen LogP contribution in [0.5, 0.6) is 0 Å². The van der Waals surface area contributed by atoms with E-state index in [0.717, 1.165) is 10.2 Å². The number of para-hydroxylation sites is 1. The molecule has 4 N–H and O–H groups in total. The van der Waals surface area contributed by atoms with Gasteiger partial charge < -0.3 is 11.1 Å². The zero-order valence-electron chi connectivity index (χ0n) is 6.69. The molecule has 4 heteroatoms. The van der Waals surface area contributed by atoms with Gasteiger partial charge in [0.1, 0.15) is 5.84 Å². The molecule has 3 nitrogen and oxygen atoms in total. The number of hydrogen-bond acceptors (Lipinski definition) is 2. The third kappa shape index (κ3) is 1.58. The molecular weight excluding hydrogens is 218 g/mol. The van der Waals surface area contributed by atoms with Crippen molar-refractivity contribution in [3.05, 3.63) is 28.2 Å². The Labute approximate surface area is 79.6 Å². The highest BCUT2D eigenvalue weighted by molar-refractivity contribution is 9.10. The van der Waals surface area contributed by atoms with Crippen LogP contribution in [0.4, 0.5) is 5.69 Å². The SMILES string of the molecule is CNc1c(Br)cccc1C(=N)N. The van der Waals surface area contributed by atoms with Crippen molar-refractivity contribution in [2.45, 2.75) is 0 Å². The summed E-state index contributed by atoms with van der Waals surface area (Å²) in [6, 6.07) is 5.55. The second-order valence-electron chi connectivity index (χ2n) is 2.33. The summed E-state index contributed by atoms with van der Waals surface area (Å²) in [5.74, 6) is 0.0700. The van der Waals surface area contributed by atoms with E-state index in [9.17, 15) is 0 Å². The van der Waals surface area contributed by atoms with Gasteiger partial charge in [0.25, 0.3) is 0 Å². The minimum atomic E-state index is 0.0700. The molecule has 0 spiro atoms. The van der Waals surface area contributed by atoms with E-state index in [4.69, 9.17) is 11.1 Å². The number of halogens is 1. The third-order valence-electron chi connectivity index (χ3n) is 1.55. The normalized spacial score (nSPS) is 9.50. The number of hydrogen-bond donors (Lipinski definition) is 3. The summed E-state index contributed by atoms with van der Waals surface area (Å²) < 4.78 is 0.915. The number of anilines is 1. The molecule has 0 saturated heterocycles. The zero-order chi connectivity index (χ0) is 9.14. The lowest BCUT2D eigenvalue weighted by Gasteiger charge is -2.08. The Morgan fingerprint density at radius 3 is 2.67 bits per heavy atom. The maximum Gasteiger partial charge on any atom is 0.124 e. The standard InChI is InChI=1S/C8H10BrN3/c1-12-7-5(8(10)11)3-2-4-6(7)9/h2-4,12H,1H3,(H3,10,11). The van der Waals surface area contributed by atoms with E-state index < -0.39 is 0 Å². The van der Waals surface area contributed by atoms with E-state index >= 15 is 0 Å². The van der Waals surface area contributed by atoms with Crippen molar-refractivity contribution in [3.63, 3.8) is 0 Å². The summed E-state index contributed by atoms with van der Waals surface area (Å²) in [5, 5.41) is 10.3. The van der Waals surface area contributed by atoms with Crippen molar-refractivity contribution in [2.75, 3.05) is 12.4 Å². The first-order valence-corrected chi connectivity index (χ1v) is 4.26. The maximum atomic E-state index is 7.29. The van der Waals surface area contributed by atoms with Crippen LogP contribution < -0.4 is 11.1 Å². The van der Waals surface area contributed by atoms with E-state index in [0.29, 0.717) is 5.56 Å². The van der Waals surface area contributed by atoms with Gasteiger partial charge in [-0.3, -0.25) is 5.41 Å². The molecular formula is C8H10BrN3. The quantitative estimate of drug-likeness (QED) is 0.533. The number of nitrogen functional groups attached to an aromatic ring is 1. The molecule has 0 aliphatic carbocycles. The number of nitrogens with two attached hydrogens (primary N) is 1. The van der Waals surface area contributed by atoms with Crippen molar-refractivity contribution in [1.29, 1.82) is 5.41 Å². The number of rotatable bonds is 2. The first-order chi connectivity index (χ1) is 5.66. The topological polar surface area (TPSA) is 61.9 Å². The van der Waals surface area contributed by atoms with Crippen LogP contribution in [0.2, 0.25) is 0 Å². The Morgan fingerprint density at radius 2 is 2.25 bits per heavy atom. The fourth-order valence-corrected chi connectivity index (χ4v) is 1.57. The van der Waals surface area contributed by atoms with Gasteiger partial charge in [-0.15, -0.1) is 0 Å². The summed E-state index contributed by atoms with van der Waals surface area (Å²) in [4.78, 5) is 0. The Morgan fingerprint density at radius 1 is 1.58 bits per heavy atom. The molecule has 0 amide bonds. The highest BCUT2D eigenvalue weighted by atomic mass is 79.9. The molecule has 0 radical (unpaired) electrons. The minimum absolute atomic E-state index is 0.0700. The molecule has 0 unspecified atom stereocenters. The number of benzene rings is 1. The molecule has 0 aliphatic rings. The fraction of sp³-hybridized carbons (Fsp3) is 0.125. The second-order valence-corrected chi connectivity index (χ2v) is 3.18. The van der Waals surface area contributed by atoms with E-state index in [1.165, 1.54) is 0 Å². The number of nitrogens with one attached hydrogen (secondary N) is 2. The second kappa shape index (κ2) is 3.58. The summed E-state index contributed by atoms with van der Waals surface area (Å²) in [6.07, 6.45) is 0. The van der Waals surface area contributed by atoms with Crippen LogP contribution in [0.15, 0.2) is 22.7 Å². The Kier molecular flexibility index (Phi) is 2.70. The van der Waals surface area contributed by atoms with Crippen LogP contribution in [0.3, 0.4) is 0 Å². The molecule has 0 fully saturated rings. The smallest absolute Gasteiger partial charge is 0.124 e. The van der Waals surface area contributed by atoms with E-state index in [1.54, 1.807) is 13.1 Å². The van der Waals surface area contributed by atoms with Crippen LogP contribution >= 0.6 is 15.9 Å². The maximum absolute atomic E-state index is 7.29. The Hall–Kier alpha value is -1.03.